The largest absolute Gasteiger partial charge is 0.372 e. The van der Waals surface area contributed by atoms with Crippen molar-refractivity contribution in [2.24, 2.45) is 7.05 Å². The van der Waals surface area contributed by atoms with Crippen LogP contribution in [0, 0.1) is 6.92 Å². The molecule has 20 heavy (non-hydrogen) atoms. The maximum Gasteiger partial charge on any atom is 0.131 e. The van der Waals surface area contributed by atoms with E-state index in [4.69, 9.17) is 4.74 Å². The van der Waals surface area contributed by atoms with Gasteiger partial charge in [-0.15, -0.1) is 0 Å². The summed E-state index contributed by atoms with van der Waals surface area (Å²) >= 11 is 0. The highest BCUT2D eigenvalue weighted by Crippen LogP contribution is 2.26. The van der Waals surface area contributed by atoms with Crippen molar-refractivity contribution >= 4 is 5.82 Å². The molecule has 1 fully saturated rings. The number of nitrogens with one attached hydrogen (secondary N) is 1. The van der Waals surface area contributed by atoms with Crippen molar-refractivity contribution < 1.29 is 4.74 Å². The Hall–Kier alpha value is -1.07. The van der Waals surface area contributed by atoms with Crippen molar-refractivity contribution in [1.82, 2.24) is 15.1 Å². The van der Waals surface area contributed by atoms with Crippen LogP contribution in [0.2, 0.25) is 0 Å². The second-order valence-electron chi connectivity index (χ2n) is 5.85. The first-order chi connectivity index (χ1) is 9.52. The van der Waals surface area contributed by atoms with Crippen LogP contribution >= 0.6 is 0 Å². The van der Waals surface area contributed by atoms with E-state index in [-0.39, 0.29) is 12.2 Å². The number of hydrogen-bond donors (Lipinski definition) is 1. The van der Waals surface area contributed by atoms with E-state index in [1.807, 2.05) is 11.7 Å². The molecule has 1 aromatic rings. The Morgan fingerprint density at radius 3 is 2.55 bits per heavy atom. The summed E-state index contributed by atoms with van der Waals surface area (Å²) in [4.78, 5) is 2.42. The van der Waals surface area contributed by atoms with E-state index in [1.165, 1.54) is 11.4 Å². The van der Waals surface area contributed by atoms with Gasteiger partial charge in [0.1, 0.15) is 5.82 Å². The predicted octanol–water partition coefficient (Wildman–Crippen LogP) is 1.84. The third-order valence-corrected chi connectivity index (χ3v) is 3.76. The molecule has 5 heteroatoms. The Labute approximate surface area is 122 Å². The summed E-state index contributed by atoms with van der Waals surface area (Å²) in [5.41, 5.74) is 2.44. The zero-order chi connectivity index (χ0) is 14.7. The van der Waals surface area contributed by atoms with Crippen molar-refractivity contribution in [2.75, 3.05) is 24.5 Å². The molecule has 1 aromatic heterocycles. The molecule has 0 amide bonds. The quantitative estimate of drug-likeness (QED) is 0.836. The first-order valence-corrected chi connectivity index (χ1v) is 7.66. The second-order valence-corrected chi connectivity index (χ2v) is 5.85. The van der Waals surface area contributed by atoms with Crippen LogP contribution in [0.15, 0.2) is 0 Å². The number of ether oxygens (including phenoxy) is 1. The molecule has 0 aliphatic carbocycles. The van der Waals surface area contributed by atoms with Gasteiger partial charge in [-0.3, -0.25) is 4.68 Å². The van der Waals surface area contributed by atoms with Gasteiger partial charge in [0.15, 0.2) is 0 Å². The molecule has 0 radical (unpaired) electrons. The molecule has 2 rings (SSSR count). The van der Waals surface area contributed by atoms with E-state index in [1.54, 1.807) is 0 Å². The molecule has 0 saturated carbocycles. The van der Waals surface area contributed by atoms with Gasteiger partial charge in [0.25, 0.3) is 0 Å². The lowest BCUT2D eigenvalue weighted by atomic mass is 10.1. The Kier molecular flexibility index (Phi) is 5.05. The summed E-state index contributed by atoms with van der Waals surface area (Å²) < 4.78 is 7.85. The molecule has 2 heterocycles. The van der Waals surface area contributed by atoms with E-state index in [0.717, 1.165) is 38.3 Å². The molecule has 1 saturated heterocycles. The maximum absolute atomic E-state index is 5.84. The highest BCUT2D eigenvalue weighted by Gasteiger charge is 2.27. The number of hydrogen-bond acceptors (Lipinski definition) is 4. The fourth-order valence-corrected chi connectivity index (χ4v) is 3.03. The normalized spacial score (nSPS) is 23.4. The summed E-state index contributed by atoms with van der Waals surface area (Å²) in [7, 11) is 2.04. The zero-order valence-corrected chi connectivity index (χ0v) is 13.4. The smallest absolute Gasteiger partial charge is 0.131 e. The van der Waals surface area contributed by atoms with Crippen molar-refractivity contribution in [3.05, 3.63) is 11.3 Å². The van der Waals surface area contributed by atoms with E-state index >= 15 is 0 Å². The number of aromatic nitrogens is 2. The van der Waals surface area contributed by atoms with Gasteiger partial charge in [0, 0.05) is 32.2 Å². The van der Waals surface area contributed by atoms with Crippen LogP contribution < -0.4 is 10.2 Å². The molecule has 1 aliphatic heterocycles. The Balaban J connectivity index is 2.20. The minimum absolute atomic E-state index is 0.269. The molecule has 1 N–H and O–H groups in total. The van der Waals surface area contributed by atoms with Gasteiger partial charge in [0.2, 0.25) is 0 Å². The monoisotopic (exact) mass is 280 g/mol. The summed E-state index contributed by atoms with van der Waals surface area (Å²) in [6.07, 6.45) is 1.69. The number of rotatable bonds is 5. The molecule has 1 aliphatic rings. The van der Waals surface area contributed by atoms with Crippen molar-refractivity contribution in [3.8, 4) is 0 Å². The average Bonchev–Trinajstić information content (AvgIpc) is 2.63. The van der Waals surface area contributed by atoms with Crippen LogP contribution in [0.4, 0.5) is 5.82 Å². The fraction of sp³-hybridized carbons (Fsp3) is 0.800. The van der Waals surface area contributed by atoms with Crippen LogP contribution in [0.3, 0.4) is 0 Å². The molecular formula is C15H28N4O. The standard InChI is InChI=1S/C15H28N4O/c1-6-7-16-8-14-13(4)17-18(5)15(14)19-9-11(2)20-12(3)10-19/h11-12,16H,6-10H2,1-5H3. The first kappa shape index (κ1) is 15.3. The van der Waals surface area contributed by atoms with E-state index in [9.17, 15) is 0 Å². The lowest BCUT2D eigenvalue weighted by Gasteiger charge is -2.37. The van der Waals surface area contributed by atoms with Crippen LogP contribution in [-0.4, -0.2) is 41.6 Å². The van der Waals surface area contributed by atoms with Gasteiger partial charge < -0.3 is 15.0 Å². The highest BCUT2D eigenvalue weighted by molar-refractivity contribution is 5.50. The topological polar surface area (TPSA) is 42.3 Å². The lowest BCUT2D eigenvalue weighted by molar-refractivity contribution is -0.00569. The van der Waals surface area contributed by atoms with Crippen molar-refractivity contribution in [1.29, 1.82) is 0 Å². The summed E-state index contributed by atoms with van der Waals surface area (Å²) in [6, 6.07) is 0. The summed E-state index contributed by atoms with van der Waals surface area (Å²) in [5, 5.41) is 8.11. The van der Waals surface area contributed by atoms with Gasteiger partial charge in [-0.25, -0.2) is 0 Å². The molecule has 0 bridgehead atoms. The Morgan fingerprint density at radius 2 is 1.95 bits per heavy atom. The minimum Gasteiger partial charge on any atom is -0.372 e. The highest BCUT2D eigenvalue weighted by atomic mass is 16.5. The second kappa shape index (κ2) is 6.59. The first-order valence-electron chi connectivity index (χ1n) is 7.66. The SMILES string of the molecule is CCCNCc1c(C)nn(C)c1N1CC(C)OC(C)C1. The third kappa shape index (κ3) is 3.33. The summed E-state index contributed by atoms with van der Waals surface area (Å²) in [6.45, 7) is 12.4. The van der Waals surface area contributed by atoms with Crippen LogP contribution in [-0.2, 0) is 18.3 Å². The van der Waals surface area contributed by atoms with Gasteiger partial charge in [-0.1, -0.05) is 6.92 Å². The maximum atomic E-state index is 5.84. The zero-order valence-electron chi connectivity index (χ0n) is 13.4. The molecule has 114 valence electrons. The molecule has 0 spiro atoms. The van der Waals surface area contributed by atoms with Gasteiger partial charge in [-0.05, 0) is 33.7 Å². The number of aryl methyl sites for hydroxylation is 2. The van der Waals surface area contributed by atoms with E-state index in [2.05, 4.69) is 43.0 Å². The third-order valence-electron chi connectivity index (χ3n) is 3.76. The van der Waals surface area contributed by atoms with Gasteiger partial charge in [-0.2, -0.15) is 5.10 Å². The number of morpholine rings is 1. The van der Waals surface area contributed by atoms with Gasteiger partial charge >= 0.3 is 0 Å². The minimum atomic E-state index is 0.269. The number of anilines is 1. The van der Waals surface area contributed by atoms with Gasteiger partial charge in [0.05, 0.1) is 17.9 Å². The fourth-order valence-electron chi connectivity index (χ4n) is 3.03. The van der Waals surface area contributed by atoms with E-state index < -0.39 is 0 Å². The molecule has 0 aromatic carbocycles. The average molecular weight is 280 g/mol. The van der Waals surface area contributed by atoms with Crippen LogP contribution in [0.1, 0.15) is 38.4 Å². The van der Waals surface area contributed by atoms with E-state index in [0.29, 0.717) is 0 Å². The molecule has 2 unspecified atom stereocenters. The summed E-state index contributed by atoms with van der Waals surface area (Å²) in [5.74, 6) is 1.24. The lowest BCUT2D eigenvalue weighted by Crippen LogP contribution is -2.46. The van der Waals surface area contributed by atoms with Crippen LogP contribution in [0.25, 0.3) is 0 Å². The molecule has 5 nitrogen and oxygen atoms in total. The van der Waals surface area contributed by atoms with Crippen molar-refractivity contribution in [3.63, 3.8) is 0 Å². The van der Waals surface area contributed by atoms with Crippen LogP contribution in [0.5, 0.6) is 0 Å². The Morgan fingerprint density at radius 1 is 1.30 bits per heavy atom. The number of nitrogens with zero attached hydrogens (tertiary/aromatic N) is 3. The Bertz CT molecular complexity index is 433. The van der Waals surface area contributed by atoms with Crippen molar-refractivity contribution in [2.45, 2.75) is 52.9 Å². The molecular weight excluding hydrogens is 252 g/mol. The molecule has 2 atom stereocenters. The predicted molar refractivity (Wildman–Crippen MR) is 82.2 cm³/mol.